The largest absolute Gasteiger partial charge is 0.543 e. The van der Waals surface area contributed by atoms with E-state index in [2.05, 4.69) is 25.5 Å². The van der Waals surface area contributed by atoms with Gasteiger partial charge in [-0.25, -0.2) is 9.55 Å². The molecule has 15 heteroatoms. The van der Waals surface area contributed by atoms with Crippen LogP contribution in [0.2, 0.25) is 0 Å². The molecule has 186 valence electrons. The molecule has 2 aromatic rings. The first-order chi connectivity index (χ1) is 16.8. The van der Waals surface area contributed by atoms with E-state index < -0.39 is 35.2 Å². The zero-order valence-electron chi connectivity index (χ0n) is 18.8. The topological polar surface area (TPSA) is 179 Å². The Bertz CT molecular complexity index is 1160. The van der Waals surface area contributed by atoms with Crippen LogP contribution >= 0.6 is 23.3 Å². The van der Waals surface area contributed by atoms with Crippen molar-refractivity contribution in [2.75, 3.05) is 24.7 Å². The van der Waals surface area contributed by atoms with Crippen LogP contribution in [0.5, 0.6) is 0 Å². The number of carboxylic acid groups (broad SMARTS) is 1. The fourth-order valence-corrected chi connectivity index (χ4v) is 5.68. The summed E-state index contributed by atoms with van der Waals surface area (Å²) in [4.78, 5) is 48.0. The minimum Gasteiger partial charge on any atom is -0.543 e. The summed E-state index contributed by atoms with van der Waals surface area (Å²) in [7, 11) is 1.80. The van der Waals surface area contributed by atoms with Crippen molar-refractivity contribution in [3.8, 4) is 0 Å². The molecule has 0 radical (unpaired) electrons. The van der Waals surface area contributed by atoms with E-state index in [4.69, 9.17) is 10.6 Å². The molecule has 0 bridgehead atoms. The molecule has 4 atom stereocenters. The number of fused-ring (bicyclic) bond motifs is 1. The van der Waals surface area contributed by atoms with Gasteiger partial charge in [-0.3, -0.25) is 14.5 Å². The fraction of sp³-hybridized carbons (Fsp3) is 0.400. The summed E-state index contributed by atoms with van der Waals surface area (Å²) in [6, 6.07) is 1.72. The van der Waals surface area contributed by atoms with Gasteiger partial charge in [0.1, 0.15) is 11.4 Å². The number of carbonyl (C=O) groups is 3. The van der Waals surface area contributed by atoms with Gasteiger partial charge in [0.2, 0.25) is 5.91 Å². The summed E-state index contributed by atoms with van der Waals surface area (Å²) in [6.45, 7) is 2.45. The lowest BCUT2D eigenvalue weighted by atomic mass is 10.0. The Morgan fingerprint density at radius 2 is 2.23 bits per heavy atom. The molecule has 1 saturated heterocycles. The number of nitrogens with one attached hydrogen (secondary N) is 3. The molecule has 2 aliphatic rings. The van der Waals surface area contributed by atoms with Gasteiger partial charge in [0, 0.05) is 24.6 Å². The summed E-state index contributed by atoms with van der Waals surface area (Å²) in [5.41, 5.74) is 8.90. The number of aliphatic carboxylic acids is 1. The third kappa shape index (κ3) is 5.22. The third-order valence-electron chi connectivity index (χ3n) is 5.33. The predicted molar refractivity (Wildman–Crippen MR) is 125 cm³/mol. The first-order valence-electron chi connectivity index (χ1n) is 10.7. The molecule has 0 spiro atoms. The number of amides is 2. The average Bonchev–Trinajstić information content (AvgIpc) is 3.27. The van der Waals surface area contributed by atoms with E-state index in [1.807, 2.05) is 29.1 Å². The van der Waals surface area contributed by atoms with Crippen molar-refractivity contribution in [1.29, 1.82) is 0 Å². The van der Waals surface area contributed by atoms with Crippen molar-refractivity contribution < 1.29 is 28.9 Å². The highest BCUT2D eigenvalue weighted by atomic mass is 32.2. The number of pyridine rings is 1. The second kappa shape index (κ2) is 10.6. The third-order valence-corrected chi connectivity index (χ3v) is 7.28. The van der Waals surface area contributed by atoms with Crippen LogP contribution in [0.1, 0.15) is 18.8 Å². The summed E-state index contributed by atoms with van der Waals surface area (Å²) in [5, 5.41) is 16.8. The maximum absolute atomic E-state index is 13.0. The smallest absolute Gasteiger partial charge is 0.253 e. The Balaban J connectivity index is 1.51. The molecule has 4 rings (SSSR count). The molecule has 0 aliphatic carbocycles. The van der Waals surface area contributed by atoms with Crippen molar-refractivity contribution in [2.45, 2.75) is 36.2 Å². The van der Waals surface area contributed by atoms with E-state index in [0.29, 0.717) is 6.54 Å². The second-order valence-corrected chi connectivity index (χ2v) is 9.76. The van der Waals surface area contributed by atoms with Crippen LogP contribution in [-0.2, 0) is 25.8 Å². The average molecular weight is 521 g/mol. The summed E-state index contributed by atoms with van der Waals surface area (Å²) >= 11 is 2.30. The number of carboxylic acids is 1. The van der Waals surface area contributed by atoms with Gasteiger partial charge in [-0.15, -0.1) is 11.8 Å². The number of hydrogen-bond acceptors (Lipinski definition) is 12. The van der Waals surface area contributed by atoms with Crippen molar-refractivity contribution in [3.05, 3.63) is 42.1 Å². The number of hydrogen-bond donors (Lipinski definition) is 4. The number of thioether (sulfide) groups is 1. The lowest BCUT2D eigenvalue weighted by molar-refractivity contribution is -0.694. The minimum absolute atomic E-state index is 0.104. The number of rotatable bonds is 10. The molecule has 3 unspecified atom stereocenters. The molecule has 13 nitrogen and oxygen atoms in total. The maximum Gasteiger partial charge on any atom is 0.253 e. The zero-order chi connectivity index (χ0) is 25.1. The van der Waals surface area contributed by atoms with Gasteiger partial charge in [0.05, 0.1) is 29.2 Å². The number of anilines is 2. The number of nitrogens with zero attached hydrogens (tertiary/aromatic N) is 4. The highest BCUT2D eigenvalue weighted by molar-refractivity contribution is 8.00. The molecule has 35 heavy (non-hydrogen) atoms. The number of hydroxylamine groups is 1. The Kier molecular flexibility index (Phi) is 7.49. The standard InChI is InChI=1S/C20H24N8O5S2/c1-3-33-25-13(15-24-20(21)35-26-15)16(29)23-14-17(30)28-12(19(31)32)7-11(34-18(14)28)9-27-6-4-5-10(8-27)22-2/h4-8,11,13-14,18,22,25H,3,9H2,1-2H3,(H3-,21,23,24,26,29,31,32)/t11?,13?,14?,18-/m1/s1. The molecule has 2 amide bonds. The lowest BCUT2D eigenvalue weighted by Gasteiger charge is -2.50. The van der Waals surface area contributed by atoms with Crippen LogP contribution in [-0.4, -0.2) is 62.4 Å². The van der Waals surface area contributed by atoms with Gasteiger partial charge >= 0.3 is 0 Å². The number of aromatic nitrogens is 3. The number of nitrogens with two attached hydrogens (primary N) is 1. The van der Waals surface area contributed by atoms with Crippen molar-refractivity contribution in [3.63, 3.8) is 0 Å². The van der Waals surface area contributed by atoms with E-state index in [9.17, 15) is 19.5 Å². The highest BCUT2D eigenvalue weighted by Gasteiger charge is 2.54. The van der Waals surface area contributed by atoms with Crippen LogP contribution in [0.3, 0.4) is 0 Å². The predicted octanol–water partition coefficient (Wildman–Crippen LogP) is -1.87. The normalized spacial score (nSPS) is 22.0. The van der Waals surface area contributed by atoms with Crippen LogP contribution in [0, 0.1) is 0 Å². The van der Waals surface area contributed by atoms with E-state index >= 15 is 0 Å². The van der Waals surface area contributed by atoms with Gasteiger partial charge in [-0.05, 0) is 19.1 Å². The number of nitrogen functional groups attached to an aromatic ring is 1. The Morgan fingerprint density at radius 3 is 2.89 bits per heavy atom. The molecule has 0 saturated carbocycles. The van der Waals surface area contributed by atoms with Crippen molar-refractivity contribution in [2.24, 2.45) is 0 Å². The van der Waals surface area contributed by atoms with E-state index in [1.54, 1.807) is 14.0 Å². The Hall–Kier alpha value is -3.27. The molecular weight excluding hydrogens is 496 g/mol. The lowest BCUT2D eigenvalue weighted by Crippen LogP contribution is -2.72. The quantitative estimate of drug-likeness (QED) is 0.157. The summed E-state index contributed by atoms with van der Waals surface area (Å²) in [6.07, 6.45) is 5.26. The van der Waals surface area contributed by atoms with Gasteiger partial charge in [-0.2, -0.15) is 9.85 Å². The highest BCUT2D eigenvalue weighted by Crippen LogP contribution is 2.41. The molecule has 4 heterocycles. The Labute approximate surface area is 208 Å². The molecular formula is C20H24N8O5S2. The second-order valence-electron chi connectivity index (χ2n) is 7.61. The first-order valence-corrected chi connectivity index (χ1v) is 12.4. The summed E-state index contributed by atoms with van der Waals surface area (Å²) in [5.74, 6) is -2.50. The number of β-lactam (4-membered cyclic amide) rings is 1. The van der Waals surface area contributed by atoms with E-state index in [-0.39, 0.29) is 28.5 Å². The van der Waals surface area contributed by atoms with E-state index in [1.165, 1.54) is 17.8 Å². The van der Waals surface area contributed by atoms with Gasteiger partial charge < -0.3 is 31.1 Å². The zero-order valence-corrected chi connectivity index (χ0v) is 20.5. The maximum atomic E-state index is 13.0. The van der Waals surface area contributed by atoms with Gasteiger partial charge in [-0.1, -0.05) is 0 Å². The van der Waals surface area contributed by atoms with Crippen molar-refractivity contribution in [1.82, 2.24) is 25.1 Å². The molecule has 2 aromatic heterocycles. The van der Waals surface area contributed by atoms with E-state index in [0.717, 1.165) is 22.1 Å². The molecule has 2 aliphatic heterocycles. The minimum atomic E-state index is -1.45. The van der Waals surface area contributed by atoms with Crippen LogP contribution in [0.4, 0.5) is 10.8 Å². The monoisotopic (exact) mass is 520 g/mol. The van der Waals surface area contributed by atoms with Gasteiger partial charge in [0.15, 0.2) is 35.9 Å². The molecule has 0 aromatic carbocycles. The SMILES string of the molecule is CCONC(C(=O)NC1C(=O)N2C(C(=O)[O-])=CC(C[n+]3cccc(NC)c3)S[C@H]12)c1nsc(N)n1. The number of carbonyl (C=O) groups excluding carboxylic acids is 3. The Morgan fingerprint density at radius 1 is 1.43 bits per heavy atom. The molecule has 5 N–H and O–H groups in total. The van der Waals surface area contributed by atoms with Crippen LogP contribution < -0.4 is 31.5 Å². The molecule has 1 fully saturated rings. The first kappa shape index (κ1) is 24.8. The van der Waals surface area contributed by atoms with Crippen molar-refractivity contribution >= 4 is 51.9 Å². The van der Waals surface area contributed by atoms with Gasteiger partial charge in [0.25, 0.3) is 5.91 Å². The fourth-order valence-electron chi connectivity index (χ4n) is 3.71. The van der Waals surface area contributed by atoms with Crippen LogP contribution in [0.25, 0.3) is 0 Å². The summed E-state index contributed by atoms with van der Waals surface area (Å²) < 4.78 is 5.96. The van der Waals surface area contributed by atoms with Crippen LogP contribution in [0.15, 0.2) is 36.3 Å².